The fraction of sp³-hybridized carbons (Fsp3) is 0.167. The molecule has 1 atom stereocenters. The Balaban J connectivity index is 1.64. The van der Waals surface area contributed by atoms with Crippen molar-refractivity contribution in [2.45, 2.75) is 12.8 Å². The number of fused-ring (bicyclic) bond motifs is 2. The van der Waals surface area contributed by atoms with E-state index in [0.717, 1.165) is 28.9 Å². The Morgan fingerprint density at radius 3 is 2.48 bits per heavy atom. The summed E-state index contributed by atoms with van der Waals surface area (Å²) in [6.07, 6.45) is 3.12. The van der Waals surface area contributed by atoms with Gasteiger partial charge < -0.3 is 9.47 Å². The first-order valence-corrected chi connectivity index (χ1v) is 7.04. The van der Waals surface area contributed by atoms with Gasteiger partial charge in [-0.2, -0.15) is 0 Å². The molecule has 3 heteroatoms. The van der Waals surface area contributed by atoms with Crippen LogP contribution < -0.4 is 9.47 Å². The van der Waals surface area contributed by atoms with Crippen molar-refractivity contribution in [3.05, 3.63) is 71.5 Å². The number of hydrogen-bond acceptors (Lipinski definition) is 3. The highest BCUT2D eigenvalue weighted by atomic mass is 16.5. The molecule has 1 unspecified atom stereocenters. The maximum Gasteiger partial charge on any atom is 0.318 e. The SMILES string of the molecule is O=C1Oc2ccccc2CC1C1=COc2ccccc2C1. The van der Waals surface area contributed by atoms with Crippen LogP contribution in [0.25, 0.3) is 0 Å². The summed E-state index contributed by atoms with van der Waals surface area (Å²) >= 11 is 0. The largest absolute Gasteiger partial charge is 0.465 e. The van der Waals surface area contributed by atoms with E-state index >= 15 is 0 Å². The standard InChI is InChI=1S/C18H14O3/c19-18-15(10-13-6-2-4-8-17(13)21-18)14-9-12-5-1-3-7-16(12)20-11-14/h1-8,11,15H,9-10H2. The van der Waals surface area contributed by atoms with E-state index in [1.54, 1.807) is 6.26 Å². The van der Waals surface area contributed by atoms with Crippen LogP contribution in [0, 0.1) is 5.92 Å². The molecule has 2 heterocycles. The summed E-state index contributed by atoms with van der Waals surface area (Å²) in [5.41, 5.74) is 3.16. The van der Waals surface area contributed by atoms with Crippen molar-refractivity contribution in [2.24, 2.45) is 5.92 Å². The molecule has 2 aromatic rings. The molecule has 0 radical (unpaired) electrons. The number of ether oxygens (including phenoxy) is 2. The van der Waals surface area contributed by atoms with E-state index in [1.165, 1.54) is 0 Å². The predicted molar refractivity (Wildman–Crippen MR) is 78.1 cm³/mol. The number of carbonyl (C=O) groups excluding carboxylic acids is 1. The average molecular weight is 278 g/mol. The van der Waals surface area contributed by atoms with Crippen molar-refractivity contribution < 1.29 is 14.3 Å². The van der Waals surface area contributed by atoms with Crippen molar-refractivity contribution in [3.63, 3.8) is 0 Å². The number of rotatable bonds is 1. The van der Waals surface area contributed by atoms with Crippen molar-refractivity contribution in [3.8, 4) is 11.5 Å². The Kier molecular flexibility index (Phi) is 2.78. The van der Waals surface area contributed by atoms with Gasteiger partial charge in [-0.15, -0.1) is 0 Å². The number of esters is 1. The lowest BCUT2D eigenvalue weighted by molar-refractivity contribution is -0.138. The summed E-state index contributed by atoms with van der Waals surface area (Å²) < 4.78 is 11.1. The number of para-hydroxylation sites is 2. The number of hydrogen-bond donors (Lipinski definition) is 0. The molecule has 0 aliphatic carbocycles. The zero-order chi connectivity index (χ0) is 14.2. The van der Waals surface area contributed by atoms with Crippen LogP contribution >= 0.6 is 0 Å². The van der Waals surface area contributed by atoms with Crippen LogP contribution in [0.1, 0.15) is 11.1 Å². The third-order valence-electron chi connectivity index (χ3n) is 4.04. The minimum absolute atomic E-state index is 0.192. The monoisotopic (exact) mass is 278 g/mol. The van der Waals surface area contributed by atoms with Crippen LogP contribution in [-0.2, 0) is 17.6 Å². The zero-order valence-electron chi connectivity index (χ0n) is 11.4. The summed E-state index contributed by atoms with van der Waals surface area (Å²) in [5.74, 6) is 1.10. The van der Waals surface area contributed by atoms with E-state index < -0.39 is 0 Å². The lowest BCUT2D eigenvalue weighted by Crippen LogP contribution is -2.30. The molecule has 2 aromatic carbocycles. The van der Waals surface area contributed by atoms with Gasteiger partial charge in [0, 0.05) is 6.42 Å². The Morgan fingerprint density at radius 1 is 0.905 bits per heavy atom. The fourth-order valence-corrected chi connectivity index (χ4v) is 2.91. The highest BCUT2D eigenvalue weighted by Crippen LogP contribution is 2.35. The molecule has 0 N–H and O–H groups in total. The topological polar surface area (TPSA) is 35.5 Å². The van der Waals surface area contributed by atoms with Crippen molar-refractivity contribution in [1.29, 1.82) is 0 Å². The lowest BCUT2D eigenvalue weighted by Gasteiger charge is -2.27. The van der Waals surface area contributed by atoms with E-state index in [9.17, 15) is 4.79 Å². The normalized spacial score (nSPS) is 19.7. The third-order valence-corrected chi connectivity index (χ3v) is 4.04. The molecule has 3 nitrogen and oxygen atoms in total. The summed E-state index contributed by atoms with van der Waals surface area (Å²) in [6, 6.07) is 15.6. The zero-order valence-corrected chi connectivity index (χ0v) is 11.4. The van der Waals surface area contributed by atoms with Crippen molar-refractivity contribution >= 4 is 5.97 Å². The molecule has 0 saturated carbocycles. The van der Waals surface area contributed by atoms with Gasteiger partial charge in [-0.05, 0) is 35.3 Å². The molecular weight excluding hydrogens is 264 g/mol. The second-order valence-corrected chi connectivity index (χ2v) is 5.38. The molecule has 0 spiro atoms. The fourth-order valence-electron chi connectivity index (χ4n) is 2.91. The van der Waals surface area contributed by atoms with Crippen LogP contribution in [0.4, 0.5) is 0 Å². The van der Waals surface area contributed by atoms with Gasteiger partial charge in [0.2, 0.25) is 0 Å². The lowest BCUT2D eigenvalue weighted by atomic mass is 9.86. The summed E-state index contributed by atoms with van der Waals surface area (Å²) in [7, 11) is 0. The van der Waals surface area contributed by atoms with Crippen molar-refractivity contribution in [2.75, 3.05) is 0 Å². The summed E-state index contributed by atoms with van der Waals surface area (Å²) in [6.45, 7) is 0. The molecule has 2 aliphatic rings. The van der Waals surface area contributed by atoms with Crippen molar-refractivity contribution in [1.82, 2.24) is 0 Å². The second kappa shape index (κ2) is 4.77. The Morgan fingerprint density at radius 2 is 1.62 bits per heavy atom. The van der Waals surface area contributed by atoms with Gasteiger partial charge in [0.15, 0.2) is 0 Å². The molecular formula is C18H14O3. The summed E-state index contributed by atoms with van der Waals surface area (Å²) in [5, 5.41) is 0. The molecule has 0 aromatic heterocycles. The number of benzene rings is 2. The molecule has 0 amide bonds. The molecule has 2 aliphatic heterocycles. The first-order chi connectivity index (χ1) is 10.3. The van der Waals surface area contributed by atoms with E-state index in [4.69, 9.17) is 9.47 Å². The third kappa shape index (κ3) is 2.11. The van der Waals surface area contributed by atoms with E-state index in [-0.39, 0.29) is 11.9 Å². The van der Waals surface area contributed by atoms with Gasteiger partial charge in [-0.25, -0.2) is 0 Å². The summed E-state index contributed by atoms with van der Waals surface area (Å²) in [4.78, 5) is 12.2. The molecule has 21 heavy (non-hydrogen) atoms. The minimum Gasteiger partial charge on any atom is -0.465 e. The van der Waals surface area contributed by atoms with Crippen LogP contribution in [0.5, 0.6) is 11.5 Å². The van der Waals surface area contributed by atoms with Crippen LogP contribution in [0.15, 0.2) is 60.4 Å². The van der Waals surface area contributed by atoms with Gasteiger partial charge in [-0.3, -0.25) is 4.79 Å². The first-order valence-electron chi connectivity index (χ1n) is 7.04. The van der Waals surface area contributed by atoms with Crippen LogP contribution in [0.2, 0.25) is 0 Å². The Bertz CT molecular complexity index is 746. The molecule has 0 saturated heterocycles. The molecule has 104 valence electrons. The van der Waals surface area contributed by atoms with Gasteiger partial charge in [0.25, 0.3) is 0 Å². The second-order valence-electron chi connectivity index (χ2n) is 5.38. The maximum absolute atomic E-state index is 12.2. The quantitative estimate of drug-likeness (QED) is 0.593. The van der Waals surface area contributed by atoms with Gasteiger partial charge in [0.1, 0.15) is 11.5 Å². The highest BCUT2D eigenvalue weighted by molar-refractivity contribution is 5.81. The van der Waals surface area contributed by atoms with E-state index in [2.05, 4.69) is 0 Å². The van der Waals surface area contributed by atoms with Gasteiger partial charge in [0.05, 0.1) is 12.2 Å². The average Bonchev–Trinajstić information content (AvgIpc) is 2.54. The van der Waals surface area contributed by atoms with Crippen LogP contribution in [0.3, 0.4) is 0 Å². The number of carbonyl (C=O) groups is 1. The Hall–Kier alpha value is -2.55. The molecule has 4 rings (SSSR count). The Labute approximate surface area is 122 Å². The first kappa shape index (κ1) is 12.2. The van der Waals surface area contributed by atoms with Gasteiger partial charge in [-0.1, -0.05) is 36.4 Å². The predicted octanol–water partition coefficient (Wildman–Crippen LogP) is 3.28. The smallest absolute Gasteiger partial charge is 0.318 e. The minimum atomic E-state index is -0.256. The highest BCUT2D eigenvalue weighted by Gasteiger charge is 2.32. The van der Waals surface area contributed by atoms with Crippen LogP contribution in [-0.4, -0.2) is 5.97 Å². The maximum atomic E-state index is 12.2. The van der Waals surface area contributed by atoms with Gasteiger partial charge >= 0.3 is 5.97 Å². The van der Waals surface area contributed by atoms with E-state index in [1.807, 2.05) is 48.5 Å². The molecule has 0 fully saturated rings. The molecule has 0 bridgehead atoms. The van der Waals surface area contributed by atoms with E-state index in [0.29, 0.717) is 12.2 Å².